The normalized spacial score (nSPS) is 19.9. The Morgan fingerprint density at radius 1 is 1.42 bits per heavy atom. The molecule has 0 saturated carbocycles. The highest BCUT2D eigenvalue weighted by Crippen LogP contribution is 2.33. The van der Waals surface area contributed by atoms with Gasteiger partial charge < -0.3 is 4.74 Å². The van der Waals surface area contributed by atoms with Crippen molar-refractivity contribution >= 4 is 23.3 Å². The summed E-state index contributed by atoms with van der Waals surface area (Å²) in [6.45, 7) is 7.85. The molecule has 2 heterocycles. The Morgan fingerprint density at radius 3 is 2.63 bits per heavy atom. The fourth-order valence-electron chi connectivity index (χ4n) is 2.06. The first kappa shape index (κ1) is 14.1. The number of hydrogen-bond acceptors (Lipinski definition) is 4. The second-order valence-electron chi connectivity index (χ2n) is 5.83. The molecule has 0 unspecified atom stereocenters. The topological polar surface area (TPSA) is 46.6 Å². The summed E-state index contributed by atoms with van der Waals surface area (Å²) in [6, 6.07) is 4.08. The summed E-state index contributed by atoms with van der Waals surface area (Å²) < 4.78 is 5.25. The highest BCUT2D eigenvalue weighted by Gasteiger charge is 2.37. The van der Waals surface area contributed by atoms with Crippen molar-refractivity contribution in [3.63, 3.8) is 0 Å². The molecular formula is C14H19NO3S. The van der Waals surface area contributed by atoms with Gasteiger partial charge in [-0.1, -0.05) is 0 Å². The van der Waals surface area contributed by atoms with Gasteiger partial charge in [0.05, 0.1) is 0 Å². The molecule has 0 spiro atoms. The van der Waals surface area contributed by atoms with Crippen LogP contribution in [0.4, 0.5) is 4.79 Å². The van der Waals surface area contributed by atoms with Crippen molar-refractivity contribution in [1.82, 2.24) is 4.90 Å². The van der Waals surface area contributed by atoms with Crippen LogP contribution >= 0.6 is 11.3 Å². The van der Waals surface area contributed by atoms with E-state index in [2.05, 4.69) is 0 Å². The molecule has 4 nitrogen and oxygen atoms in total. The van der Waals surface area contributed by atoms with Gasteiger partial charge in [-0.15, -0.1) is 11.3 Å². The van der Waals surface area contributed by atoms with E-state index < -0.39 is 11.7 Å². The van der Waals surface area contributed by atoms with Crippen LogP contribution in [0.1, 0.15) is 42.9 Å². The molecule has 0 N–H and O–H groups in total. The van der Waals surface area contributed by atoms with Gasteiger partial charge in [-0.2, -0.15) is 0 Å². The molecule has 1 aromatic heterocycles. The zero-order valence-electron chi connectivity index (χ0n) is 11.7. The van der Waals surface area contributed by atoms with Crippen molar-refractivity contribution in [3.8, 4) is 0 Å². The molecule has 2 amide bonds. The van der Waals surface area contributed by atoms with Crippen molar-refractivity contribution in [3.05, 3.63) is 21.9 Å². The smallest absolute Gasteiger partial charge is 0.417 e. The number of ether oxygens (including phenoxy) is 1. The van der Waals surface area contributed by atoms with Gasteiger partial charge in [0.2, 0.25) is 5.91 Å². The van der Waals surface area contributed by atoms with E-state index in [4.69, 9.17) is 4.74 Å². The Kier molecular flexibility index (Phi) is 3.67. The third-order valence-electron chi connectivity index (χ3n) is 2.90. The zero-order valence-corrected chi connectivity index (χ0v) is 12.5. The van der Waals surface area contributed by atoms with E-state index >= 15 is 0 Å². The molecule has 0 bridgehead atoms. The third-order valence-corrected chi connectivity index (χ3v) is 4.07. The minimum Gasteiger partial charge on any atom is -0.443 e. The standard InChI is InChI=1S/C14H19NO3S/c1-9-5-6-11(19-9)10-7-12(16)15(8-10)13(17)18-14(2,3)4/h5-6,10H,7-8H2,1-4H3/t10-/m1/s1. The van der Waals surface area contributed by atoms with Gasteiger partial charge in [-0.25, -0.2) is 9.69 Å². The van der Waals surface area contributed by atoms with Gasteiger partial charge in [0.1, 0.15) is 5.60 Å². The van der Waals surface area contributed by atoms with Crippen LogP contribution in [0.5, 0.6) is 0 Å². The van der Waals surface area contributed by atoms with Gasteiger partial charge in [0, 0.05) is 28.6 Å². The highest BCUT2D eigenvalue weighted by atomic mass is 32.1. The Balaban J connectivity index is 2.05. The van der Waals surface area contributed by atoms with E-state index in [9.17, 15) is 9.59 Å². The van der Waals surface area contributed by atoms with Crippen molar-refractivity contribution in [1.29, 1.82) is 0 Å². The van der Waals surface area contributed by atoms with Gasteiger partial charge in [-0.3, -0.25) is 4.79 Å². The van der Waals surface area contributed by atoms with Crippen LogP contribution in [0.25, 0.3) is 0 Å². The fraction of sp³-hybridized carbons (Fsp3) is 0.571. The molecule has 5 heteroatoms. The lowest BCUT2D eigenvalue weighted by atomic mass is 10.1. The monoisotopic (exact) mass is 281 g/mol. The number of amides is 2. The minimum absolute atomic E-state index is 0.110. The molecule has 1 fully saturated rings. The first-order valence-corrected chi connectivity index (χ1v) is 7.17. The summed E-state index contributed by atoms with van der Waals surface area (Å²) in [4.78, 5) is 27.5. The maximum atomic E-state index is 11.9. The van der Waals surface area contributed by atoms with Crippen molar-refractivity contribution < 1.29 is 14.3 Å². The van der Waals surface area contributed by atoms with Crippen LogP contribution in [0, 0.1) is 6.92 Å². The molecule has 1 aliphatic heterocycles. The molecule has 104 valence electrons. The summed E-state index contributed by atoms with van der Waals surface area (Å²) in [5, 5.41) is 0. The first-order chi connectivity index (χ1) is 8.76. The van der Waals surface area contributed by atoms with E-state index in [-0.39, 0.29) is 11.8 Å². The predicted molar refractivity (Wildman–Crippen MR) is 74.4 cm³/mol. The van der Waals surface area contributed by atoms with Crippen molar-refractivity contribution in [2.24, 2.45) is 0 Å². The lowest BCUT2D eigenvalue weighted by Crippen LogP contribution is -2.37. The Bertz CT molecular complexity index is 501. The molecule has 0 aliphatic carbocycles. The lowest BCUT2D eigenvalue weighted by molar-refractivity contribution is -0.126. The molecule has 0 aromatic carbocycles. The first-order valence-electron chi connectivity index (χ1n) is 6.36. The maximum absolute atomic E-state index is 11.9. The number of hydrogen-bond donors (Lipinski definition) is 0. The lowest BCUT2D eigenvalue weighted by Gasteiger charge is -2.23. The van der Waals surface area contributed by atoms with E-state index in [1.54, 1.807) is 32.1 Å². The largest absolute Gasteiger partial charge is 0.443 e. The number of nitrogens with zero attached hydrogens (tertiary/aromatic N) is 1. The van der Waals surface area contributed by atoms with Crippen molar-refractivity contribution in [2.75, 3.05) is 6.54 Å². The highest BCUT2D eigenvalue weighted by molar-refractivity contribution is 7.12. The summed E-state index contributed by atoms with van der Waals surface area (Å²) in [5.74, 6) is -0.0379. The second kappa shape index (κ2) is 4.96. The minimum atomic E-state index is -0.574. The van der Waals surface area contributed by atoms with E-state index in [1.165, 1.54) is 9.78 Å². The fourth-order valence-corrected chi connectivity index (χ4v) is 3.03. The summed E-state index contributed by atoms with van der Waals surface area (Å²) in [7, 11) is 0. The van der Waals surface area contributed by atoms with Crippen molar-refractivity contribution in [2.45, 2.75) is 45.6 Å². The quantitative estimate of drug-likeness (QED) is 0.793. The van der Waals surface area contributed by atoms with Crippen LogP contribution in [-0.4, -0.2) is 29.0 Å². The molecular weight excluding hydrogens is 262 g/mol. The maximum Gasteiger partial charge on any atom is 0.417 e. The van der Waals surface area contributed by atoms with E-state index in [0.29, 0.717) is 13.0 Å². The van der Waals surface area contributed by atoms with Crippen LogP contribution in [0.3, 0.4) is 0 Å². The number of thiophene rings is 1. The molecule has 0 radical (unpaired) electrons. The molecule has 19 heavy (non-hydrogen) atoms. The SMILES string of the molecule is Cc1ccc([C@@H]2CC(=O)N(C(=O)OC(C)(C)C)C2)s1. The van der Waals surface area contributed by atoms with Gasteiger partial charge >= 0.3 is 6.09 Å². The zero-order chi connectivity index (χ0) is 14.2. The Labute approximate surface area is 117 Å². The summed E-state index contributed by atoms with van der Waals surface area (Å²) in [5.41, 5.74) is -0.574. The number of likely N-dealkylation sites (tertiary alicyclic amines) is 1. The van der Waals surface area contributed by atoms with E-state index in [1.807, 2.05) is 19.1 Å². The average molecular weight is 281 g/mol. The molecule has 2 rings (SSSR count). The van der Waals surface area contributed by atoms with Crippen LogP contribution in [0.15, 0.2) is 12.1 Å². The van der Waals surface area contributed by atoms with Gasteiger partial charge in [-0.05, 0) is 39.8 Å². The average Bonchev–Trinajstić information content (AvgIpc) is 2.82. The van der Waals surface area contributed by atoms with Gasteiger partial charge in [0.15, 0.2) is 0 Å². The number of aryl methyl sites for hydroxylation is 1. The molecule has 1 saturated heterocycles. The van der Waals surface area contributed by atoms with Crippen LogP contribution in [-0.2, 0) is 9.53 Å². The third kappa shape index (κ3) is 3.35. The Hall–Kier alpha value is -1.36. The van der Waals surface area contributed by atoms with Crippen LogP contribution in [0.2, 0.25) is 0 Å². The second-order valence-corrected chi connectivity index (χ2v) is 7.15. The van der Waals surface area contributed by atoms with Crippen LogP contribution < -0.4 is 0 Å². The van der Waals surface area contributed by atoms with Gasteiger partial charge in [0.25, 0.3) is 0 Å². The van der Waals surface area contributed by atoms with E-state index in [0.717, 1.165) is 4.88 Å². The predicted octanol–water partition coefficient (Wildman–Crippen LogP) is 3.31. The number of carbonyl (C=O) groups excluding carboxylic acids is 2. The molecule has 1 atom stereocenters. The molecule has 1 aliphatic rings. The number of rotatable bonds is 1. The number of carbonyl (C=O) groups is 2. The number of imide groups is 1. The molecule has 1 aromatic rings. The summed E-state index contributed by atoms with van der Waals surface area (Å²) >= 11 is 1.68. The Morgan fingerprint density at radius 2 is 2.11 bits per heavy atom. The summed E-state index contributed by atoms with van der Waals surface area (Å²) in [6.07, 6.45) is -0.146.